The Morgan fingerprint density at radius 3 is 0.983 bits per heavy atom. The molecule has 5 heteroatoms. The number of hydrogen-bond donors (Lipinski definition) is 0. The summed E-state index contributed by atoms with van der Waals surface area (Å²) in [6.45, 7) is 49.4. The highest BCUT2D eigenvalue weighted by atomic mass is 15.2. The van der Waals surface area contributed by atoms with Crippen LogP contribution >= 0.6 is 0 Å². The van der Waals surface area contributed by atoms with Gasteiger partial charge in [-0.05, 0) is 217 Å². The highest BCUT2D eigenvalue weighted by molar-refractivity contribution is 7.00. The van der Waals surface area contributed by atoms with E-state index in [0.717, 1.165) is 101 Å². The van der Waals surface area contributed by atoms with E-state index in [1.807, 2.05) is 0 Å². The van der Waals surface area contributed by atoms with Crippen molar-refractivity contribution in [3.05, 3.63) is 330 Å². The zero-order chi connectivity index (χ0) is 82.1. The van der Waals surface area contributed by atoms with Gasteiger partial charge < -0.3 is 18.9 Å². The molecule has 0 N–H and O–H groups in total. The molecule has 0 fully saturated rings. The lowest BCUT2D eigenvalue weighted by Gasteiger charge is -2.46. The Hall–Kier alpha value is -11.7. The minimum atomic E-state index is -0.289. The molecule has 0 spiro atoms. The lowest BCUT2D eigenvalue weighted by Crippen LogP contribution is -2.61. The first-order valence-corrected chi connectivity index (χ1v) is 42.4. The van der Waals surface area contributed by atoms with Gasteiger partial charge in [-0.15, -0.1) is 0 Å². The Balaban J connectivity index is 1.09. The second-order valence-electron chi connectivity index (χ2n) is 40.8. The fourth-order valence-electron chi connectivity index (χ4n) is 18.5. The molecule has 0 saturated carbocycles. The predicted molar refractivity (Wildman–Crippen MR) is 507 cm³/mol. The lowest BCUT2D eigenvalue weighted by molar-refractivity contribution is 0.568. The topological polar surface area (TPSA) is 16.3 Å². The molecule has 582 valence electrons. The van der Waals surface area contributed by atoms with Crippen LogP contribution in [0, 0.1) is 0 Å². The molecule has 4 heterocycles. The third-order valence-electron chi connectivity index (χ3n) is 25.3. The van der Waals surface area contributed by atoms with Gasteiger partial charge in [0.25, 0.3) is 6.71 Å². The van der Waals surface area contributed by atoms with Crippen molar-refractivity contribution >= 4 is 101 Å². The summed E-state index contributed by atoms with van der Waals surface area (Å²) in [6.07, 6.45) is 0. The molecular formula is C112H111BN4. The van der Waals surface area contributed by atoms with Crippen molar-refractivity contribution in [2.24, 2.45) is 0 Å². The number of nitrogens with zero attached hydrogens (tertiary/aromatic N) is 4. The third-order valence-corrected chi connectivity index (χ3v) is 25.3. The smallest absolute Gasteiger partial charge is 0.252 e. The van der Waals surface area contributed by atoms with E-state index in [9.17, 15) is 0 Å². The third kappa shape index (κ3) is 13.3. The molecule has 0 saturated heterocycles. The molecule has 0 bridgehead atoms. The molecule has 2 aliphatic heterocycles. The van der Waals surface area contributed by atoms with E-state index in [0.29, 0.717) is 0 Å². The van der Waals surface area contributed by atoms with Crippen molar-refractivity contribution in [1.82, 2.24) is 9.13 Å². The Morgan fingerprint density at radius 2 is 0.564 bits per heavy atom. The van der Waals surface area contributed by atoms with Crippen molar-refractivity contribution in [2.45, 2.75) is 183 Å². The molecule has 117 heavy (non-hydrogen) atoms. The van der Waals surface area contributed by atoms with Gasteiger partial charge in [0.2, 0.25) is 0 Å². The maximum atomic E-state index is 2.79. The fraction of sp³-hybridized carbons (Fsp3) is 0.250. The van der Waals surface area contributed by atoms with Crippen LogP contribution in [0.3, 0.4) is 0 Å². The second-order valence-corrected chi connectivity index (χ2v) is 40.8. The molecule has 16 aromatic rings. The monoisotopic (exact) mass is 1520 g/mol. The van der Waals surface area contributed by atoms with Crippen LogP contribution in [0.15, 0.2) is 291 Å². The van der Waals surface area contributed by atoms with Crippen molar-refractivity contribution < 1.29 is 0 Å². The van der Waals surface area contributed by atoms with E-state index in [2.05, 4.69) is 456 Å². The molecule has 2 aromatic heterocycles. The first-order valence-electron chi connectivity index (χ1n) is 42.4. The Bertz CT molecular complexity index is 6440. The van der Waals surface area contributed by atoms with Crippen LogP contribution < -0.4 is 26.2 Å². The first-order chi connectivity index (χ1) is 55.4. The van der Waals surface area contributed by atoms with Crippen molar-refractivity contribution in [3.8, 4) is 67.0 Å². The number of fused-ring (bicyclic) bond motifs is 10. The minimum Gasteiger partial charge on any atom is -0.310 e. The van der Waals surface area contributed by atoms with E-state index in [-0.39, 0.29) is 44.6 Å². The quantitative estimate of drug-likeness (QED) is 0.134. The second kappa shape index (κ2) is 27.5. The molecule has 18 rings (SSSR count). The molecule has 4 nitrogen and oxygen atoms in total. The minimum absolute atomic E-state index is 0.115. The summed E-state index contributed by atoms with van der Waals surface area (Å²) < 4.78 is 5.15. The lowest BCUT2D eigenvalue weighted by atomic mass is 9.33. The molecule has 0 amide bonds. The van der Waals surface area contributed by atoms with Gasteiger partial charge in [-0.25, -0.2) is 0 Å². The maximum absolute atomic E-state index is 2.79. The average Bonchev–Trinajstić information content (AvgIpc) is 1.62. The molecule has 0 unspecified atom stereocenters. The SMILES string of the molecule is CC(C)(C)c1cc(-c2ccc3c(c2)N(c2c(-c4ccccc4)cc(C(C)(C)C)cc2-c2ccccc2)c2cc(-n4c5ccc(C(C)(C)C)cc5c5cc(C(C)(C)C)ccc54)cc4c2B3c2ccc(-c3cc(C(C)(C)C)cc(C(C)(C)C)c3)cc2N4c2c(-c3ccccc3)ccc3c2c2ccccc2n3-c2ccccc2)cc(C(C)(C)C)c1. The first kappa shape index (κ1) is 76.6. The van der Waals surface area contributed by atoms with Crippen LogP contribution in [0.25, 0.3) is 111 Å². The molecule has 14 aromatic carbocycles. The largest absolute Gasteiger partial charge is 0.310 e. The summed E-state index contributed by atoms with van der Waals surface area (Å²) in [5, 5.41) is 4.84. The van der Waals surface area contributed by atoms with E-state index in [4.69, 9.17) is 0 Å². The van der Waals surface area contributed by atoms with E-state index in [1.54, 1.807) is 0 Å². The average molecular weight is 1520 g/mol. The van der Waals surface area contributed by atoms with E-state index >= 15 is 0 Å². The molecular weight excluding hydrogens is 1410 g/mol. The number of anilines is 6. The van der Waals surface area contributed by atoms with Gasteiger partial charge in [0.1, 0.15) is 0 Å². The Labute approximate surface area is 695 Å². The summed E-state index contributed by atoms with van der Waals surface area (Å²) in [5.41, 5.74) is 37.1. The van der Waals surface area contributed by atoms with Gasteiger partial charge in [0.15, 0.2) is 0 Å². The molecule has 0 aliphatic carbocycles. The molecule has 0 atom stereocenters. The predicted octanol–water partition coefficient (Wildman–Crippen LogP) is 29.4. The standard InChI is InChI=1S/C112H111BN4/c1-106(2,3)77-48-53-95-90(64-77)91-65-78(107(4,5)6)49-54-96(91)115(95)85-68-100-103-101(69-85)117(105-86(70-36-26-22-27-37-70)50-55-97-102(105)87-44-34-35-45-94(87)114(97)84-42-32-25-33-43-84)99-61-74(76-58-81(110(13,14)15)63-82(59-76)111(16,17)18)47-52-93(99)113(103)92-51-46-73(75-56-79(108(7,8)9)62-80(57-75)109(10,11)12)60-98(92)116(100)104-88(71-38-28-23-29-39-71)66-83(112(19,20)21)67-89(104)72-40-30-24-31-41-72/h22-69H,1-21H3. The zero-order valence-electron chi connectivity index (χ0n) is 72.6. The summed E-state index contributed by atoms with van der Waals surface area (Å²) in [7, 11) is 0. The van der Waals surface area contributed by atoms with Gasteiger partial charge >= 0.3 is 0 Å². The summed E-state index contributed by atoms with van der Waals surface area (Å²) in [6, 6.07) is 114. The number of benzene rings is 14. The zero-order valence-corrected chi connectivity index (χ0v) is 72.6. The number of aromatic nitrogens is 2. The molecule has 0 radical (unpaired) electrons. The Morgan fingerprint density at radius 1 is 0.214 bits per heavy atom. The van der Waals surface area contributed by atoms with Gasteiger partial charge in [0.05, 0.1) is 39.1 Å². The van der Waals surface area contributed by atoms with Gasteiger partial charge in [-0.3, -0.25) is 0 Å². The number of rotatable bonds is 9. The maximum Gasteiger partial charge on any atom is 0.252 e. The van der Waals surface area contributed by atoms with Gasteiger partial charge in [0, 0.05) is 66.7 Å². The number of hydrogen-bond acceptors (Lipinski definition) is 2. The van der Waals surface area contributed by atoms with Crippen molar-refractivity contribution in [2.75, 3.05) is 9.80 Å². The van der Waals surface area contributed by atoms with Crippen molar-refractivity contribution in [3.63, 3.8) is 0 Å². The fourth-order valence-corrected chi connectivity index (χ4v) is 18.5. The van der Waals surface area contributed by atoms with Crippen molar-refractivity contribution in [1.29, 1.82) is 0 Å². The van der Waals surface area contributed by atoms with E-state index in [1.165, 1.54) is 99.1 Å². The van der Waals surface area contributed by atoms with Crippen LogP contribution in [0.5, 0.6) is 0 Å². The van der Waals surface area contributed by atoms with Gasteiger partial charge in [-0.1, -0.05) is 352 Å². The summed E-state index contributed by atoms with van der Waals surface area (Å²) in [5.74, 6) is 0. The Kier molecular flexibility index (Phi) is 18.0. The normalized spacial score (nSPS) is 13.5. The summed E-state index contributed by atoms with van der Waals surface area (Å²) >= 11 is 0. The van der Waals surface area contributed by atoms with Crippen LogP contribution in [-0.4, -0.2) is 15.8 Å². The van der Waals surface area contributed by atoms with Gasteiger partial charge in [-0.2, -0.15) is 0 Å². The van der Waals surface area contributed by atoms with Crippen LogP contribution in [0.1, 0.15) is 184 Å². The van der Waals surface area contributed by atoms with Crippen LogP contribution in [0.4, 0.5) is 34.1 Å². The number of para-hydroxylation sites is 2. The van der Waals surface area contributed by atoms with Crippen LogP contribution in [0.2, 0.25) is 0 Å². The van der Waals surface area contributed by atoms with E-state index < -0.39 is 0 Å². The van der Waals surface area contributed by atoms with Crippen LogP contribution in [-0.2, 0) is 37.9 Å². The summed E-state index contributed by atoms with van der Waals surface area (Å²) in [4.78, 5) is 5.56. The highest BCUT2D eigenvalue weighted by Crippen LogP contribution is 2.57. The molecule has 2 aliphatic rings. The highest BCUT2D eigenvalue weighted by Gasteiger charge is 2.47.